The number of hydrogen-bond acceptors (Lipinski definition) is 2. The van der Waals surface area contributed by atoms with Crippen molar-refractivity contribution in [2.75, 3.05) is 0 Å². The molecule has 1 unspecified atom stereocenters. The highest BCUT2D eigenvalue weighted by Crippen LogP contribution is 2.37. The van der Waals surface area contributed by atoms with Gasteiger partial charge in [0.25, 0.3) is 5.91 Å². The Labute approximate surface area is 112 Å². The second kappa shape index (κ2) is 4.81. The molecule has 1 aromatic carbocycles. The first kappa shape index (κ1) is 13.2. The fraction of sp³-hybridized carbons (Fsp3) is 0.500. The van der Waals surface area contributed by atoms with Gasteiger partial charge in [-0.3, -0.25) is 4.79 Å². The molecule has 1 atom stereocenters. The lowest BCUT2D eigenvalue weighted by atomic mass is 9.92. The van der Waals surface area contributed by atoms with Gasteiger partial charge in [-0.1, -0.05) is 25.4 Å². The zero-order valence-electron chi connectivity index (χ0n) is 10.7. The number of amides is 1. The Morgan fingerprint density at radius 3 is 2.78 bits per heavy atom. The van der Waals surface area contributed by atoms with E-state index in [1.54, 1.807) is 6.07 Å². The standard InChI is InChI=1S/C14H18ClNO2/c1-14(2)6-5-10(8-14)16-13(18)9-3-4-12(17)11(15)7-9/h3-4,7,10,17H,5-6,8H2,1-2H3,(H,16,18). The van der Waals surface area contributed by atoms with E-state index >= 15 is 0 Å². The summed E-state index contributed by atoms with van der Waals surface area (Å²) < 4.78 is 0. The maximum Gasteiger partial charge on any atom is 0.251 e. The van der Waals surface area contributed by atoms with E-state index in [1.807, 2.05) is 0 Å². The summed E-state index contributed by atoms with van der Waals surface area (Å²) in [6.45, 7) is 4.44. The Kier molecular flexibility index (Phi) is 3.53. The van der Waals surface area contributed by atoms with Crippen molar-refractivity contribution in [3.63, 3.8) is 0 Å². The van der Waals surface area contributed by atoms with Crippen LogP contribution in [-0.2, 0) is 0 Å². The Morgan fingerprint density at radius 1 is 1.50 bits per heavy atom. The van der Waals surface area contributed by atoms with Crippen LogP contribution < -0.4 is 5.32 Å². The number of rotatable bonds is 2. The molecule has 2 rings (SSSR count). The SMILES string of the molecule is CC1(C)CCC(NC(=O)c2ccc(O)c(Cl)c2)C1. The fourth-order valence-electron chi connectivity index (χ4n) is 2.48. The zero-order valence-corrected chi connectivity index (χ0v) is 11.4. The number of phenols is 1. The number of benzene rings is 1. The molecule has 1 aliphatic rings. The second-order valence-electron chi connectivity index (χ2n) is 5.74. The minimum Gasteiger partial charge on any atom is -0.506 e. The van der Waals surface area contributed by atoms with Crippen molar-refractivity contribution in [3.05, 3.63) is 28.8 Å². The summed E-state index contributed by atoms with van der Waals surface area (Å²) in [5.74, 6) is -0.130. The molecule has 0 aliphatic heterocycles. The summed E-state index contributed by atoms with van der Waals surface area (Å²) >= 11 is 5.79. The lowest BCUT2D eigenvalue weighted by Crippen LogP contribution is -2.33. The third-order valence-corrected chi connectivity index (χ3v) is 3.82. The van der Waals surface area contributed by atoms with E-state index in [-0.39, 0.29) is 22.7 Å². The largest absolute Gasteiger partial charge is 0.506 e. The van der Waals surface area contributed by atoms with Crippen molar-refractivity contribution >= 4 is 17.5 Å². The lowest BCUT2D eigenvalue weighted by Gasteiger charge is -2.18. The van der Waals surface area contributed by atoms with Crippen LogP contribution in [0.25, 0.3) is 0 Å². The van der Waals surface area contributed by atoms with Crippen LogP contribution in [0.4, 0.5) is 0 Å². The molecular weight excluding hydrogens is 250 g/mol. The van der Waals surface area contributed by atoms with Crippen LogP contribution in [0.3, 0.4) is 0 Å². The number of nitrogens with one attached hydrogen (secondary N) is 1. The molecule has 1 aliphatic carbocycles. The van der Waals surface area contributed by atoms with Gasteiger partial charge in [-0.25, -0.2) is 0 Å². The predicted octanol–water partition coefficient (Wildman–Crippen LogP) is 3.35. The highest BCUT2D eigenvalue weighted by molar-refractivity contribution is 6.32. The second-order valence-corrected chi connectivity index (χ2v) is 6.15. The third-order valence-electron chi connectivity index (χ3n) is 3.51. The van der Waals surface area contributed by atoms with Crippen LogP contribution in [0.1, 0.15) is 43.5 Å². The summed E-state index contributed by atoms with van der Waals surface area (Å²) in [7, 11) is 0. The average Bonchev–Trinajstić information content (AvgIpc) is 2.62. The molecule has 1 saturated carbocycles. The first-order valence-corrected chi connectivity index (χ1v) is 6.54. The molecule has 1 fully saturated rings. The number of hydrogen-bond donors (Lipinski definition) is 2. The lowest BCUT2D eigenvalue weighted by molar-refractivity contribution is 0.0936. The molecule has 0 spiro atoms. The minimum absolute atomic E-state index is 0.00443. The molecule has 2 N–H and O–H groups in total. The van der Waals surface area contributed by atoms with Gasteiger partial charge in [0.15, 0.2) is 0 Å². The highest BCUT2D eigenvalue weighted by Gasteiger charge is 2.31. The van der Waals surface area contributed by atoms with Gasteiger partial charge in [0, 0.05) is 11.6 Å². The van der Waals surface area contributed by atoms with Crippen molar-refractivity contribution in [2.45, 2.75) is 39.2 Å². The van der Waals surface area contributed by atoms with Crippen molar-refractivity contribution < 1.29 is 9.90 Å². The summed E-state index contributed by atoms with van der Waals surface area (Å²) in [4.78, 5) is 12.0. The normalized spacial score (nSPS) is 21.8. The molecule has 1 aromatic rings. The van der Waals surface area contributed by atoms with Crippen LogP contribution in [0, 0.1) is 5.41 Å². The Bertz CT molecular complexity index is 471. The minimum atomic E-state index is -0.125. The average molecular weight is 268 g/mol. The fourth-order valence-corrected chi connectivity index (χ4v) is 2.66. The van der Waals surface area contributed by atoms with E-state index in [4.69, 9.17) is 11.6 Å². The van der Waals surface area contributed by atoms with Gasteiger partial charge in [0.2, 0.25) is 0 Å². The van der Waals surface area contributed by atoms with E-state index in [0.29, 0.717) is 11.0 Å². The number of phenolic OH excluding ortho intramolecular Hbond substituents is 1. The number of carbonyl (C=O) groups is 1. The third kappa shape index (κ3) is 2.96. The molecule has 98 valence electrons. The summed E-state index contributed by atoms with van der Waals surface area (Å²) in [5, 5.41) is 12.5. The van der Waals surface area contributed by atoms with Gasteiger partial charge < -0.3 is 10.4 Å². The van der Waals surface area contributed by atoms with E-state index < -0.39 is 0 Å². The Hall–Kier alpha value is -1.22. The maximum atomic E-state index is 12.0. The number of halogens is 1. The molecule has 18 heavy (non-hydrogen) atoms. The molecule has 0 saturated heterocycles. The first-order valence-electron chi connectivity index (χ1n) is 6.17. The number of aromatic hydroxyl groups is 1. The van der Waals surface area contributed by atoms with E-state index in [9.17, 15) is 9.90 Å². The molecule has 0 heterocycles. The van der Waals surface area contributed by atoms with Crippen LogP contribution >= 0.6 is 11.6 Å². The van der Waals surface area contributed by atoms with Gasteiger partial charge >= 0.3 is 0 Å². The molecular formula is C14H18ClNO2. The Balaban J connectivity index is 2.02. The van der Waals surface area contributed by atoms with E-state index in [2.05, 4.69) is 19.2 Å². The summed E-state index contributed by atoms with van der Waals surface area (Å²) in [6.07, 6.45) is 3.16. The van der Waals surface area contributed by atoms with Crippen LogP contribution in [0.15, 0.2) is 18.2 Å². The van der Waals surface area contributed by atoms with Crippen LogP contribution in [-0.4, -0.2) is 17.1 Å². The molecule has 1 amide bonds. The molecule has 0 bridgehead atoms. The van der Waals surface area contributed by atoms with E-state index in [0.717, 1.165) is 19.3 Å². The summed E-state index contributed by atoms with van der Waals surface area (Å²) in [6, 6.07) is 4.75. The zero-order chi connectivity index (χ0) is 13.3. The number of carbonyl (C=O) groups excluding carboxylic acids is 1. The van der Waals surface area contributed by atoms with Crippen LogP contribution in [0.2, 0.25) is 5.02 Å². The van der Waals surface area contributed by atoms with Gasteiger partial charge in [-0.05, 0) is 42.9 Å². The van der Waals surface area contributed by atoms with Crippen molar-refractivity contribution in [3.8, 4) is 5.75 Å². The topological polar surface area (TPSA) is 49.3 Å². The van der Waals surface area contributed by atoms with Crippen LogP contribution in [0.5, 0.6) is 5.75 Å². The quantitative estimate of drug-likeness (QED) is 0.863. The maximum absolute atomic E-state index is 12.0. The monoisotopic (exact) mass is 267 g/mol. The van der Waals surface area contributed by atoms with E-state index in [1.165, 1.54) is 12.1 Å². The molecule has 4 heteroatoms. The predicted molar refractivity (Wildman–Crippen MR) is 72.0 cm³/mol. The molecule has 3 nitrogen and oxygen atoms in total. The van der Waals surface area contributed by atoms with Gasteiger partial charge in [0.05, 0.1) is 5.02 Å². The van der Waals surface area contributed by atoms with Gasteiger partial charge in [-0.2, -0.15) is 0 Å². The molecule has 0 aromatic heterocycles. The van der Waals surface area contributed by atoms with Crippen molar-refractivity contribution in [1.29, 1.82) is 0 Å². The Morgan fingerprint density at radius 2 is 2.22 bits per heavy atom. The smallest absolute Gasteiger partial charge is 0.251 e. The summed E-state index contributed by atoms with van der Waals surface area (Å²) in [5.41, 5.74) is 0.798. The van der Waals surface area contributed by atoms with Crippen molar-refractivity contribution in [2.24, 2.45) is 5.41 Å². The van der Waals surface area contributed by atoms with Gasteiger partial charge in [-0.15, -0.1) is 0 Å². The van der Waals surface area contributed by atoms with Crippen molar-refractivity contribution in [1.82, 2.24) is 5.32 Å². The molecule has 0 radical (unpaired) electrons. The highest BCUT2D eigenvalue weighted by atomic mass is 35.5. The van der Waals surface area contributed by atoms with Gasteiger partial charge in [0.1, 0.15) is 5.75 Å². The first-order chi connectivity index (χ1) is 8.37.